The number of ether oxygens (including phenoxy) is 1. The van der Waals surface area contributed by atoms with E-state index >= 15 is 0 Å². The van der Waals surface area contributed by atoms with Crippen LogP contribution in [0.25, 0.3) is 5.69 Å². The highest BCUT2D eigenvalue weighted by Gasteiger charge is 2.42. The van der Waals surface area contributed by atoms with Gasteiger partial charge < -0.3 is 24.4 Å². The molecule has 1 N–H and O–H groups in total. The molecule has 1 aliphatic rings. The lowest BCUT2D eigenvalue weighted by Crippen LogP contribution is -2.29. The summed E-state index contributed by atoms with van der Waals surface area (Å²) in [5.41, 5.74) is 8.99. The van der Waals surface area contributed by atoms with Crippen LogP contribution in [0.1, 0.15) is 54.1 Å². The van der Waals surface area contributed by atoms with Gasteiger partial charge in [-0.05, 0) is 131 Å². The summed E-state index contributed by atoms with van der Waals surface area (Å²) in [6.07, 6.45) is 1.85. The molecule has 3 heterocycles. The molecule has 1 saturated heterocycles. The van der Waals surface area contributed by atoms with E-state index in [1.54, 1.807) is 0 Å². The average Bonchev–Trinajstić information content (AvgIpc) is 3.54. The van der Waals surface area contributed by atoms with E-state index in [4.69, 9.17) is 21.9 Å². The molecular formula is C37H39N5OS. The molecule has 3 aromatic carbocycles. The molecule has 0 amide bonds. The van der Waals surface area contributed by atoms with E-state index in [-0.39, 0.29) is 12.1 Å². The third-order valence-corrected chi connectivity index (χ3v) is 8.87. The van der Waals surface area contributed by atoms with Gasteiger partial charge >= 0.3 is 0 Å². The zero-order valence-corrected chi connectivity index (χ0v) is 26.8. The van der Waals surface area contributed by atoms with Gasteiger partial charge in [0.2, 0.25) is 0 Å². The predicted molar refractivity (Wildman–Crippen MR) is 184 cm³/mol. The summed E-state index contributed by atoms with van der Waals surface area (Å²) in [6.45, 7) is 12.8. The molecule has 0 bridgehead atoms. The van der Waals surface area contributed by atoms with Crippen LogP contribution in [0.4, 0.5) is 11.4 Å². The van der Waals surface area contributed by atoms with Crippen LogP contribution in [0.5, 0.6) is 11.5 Å². The minimum absolute atomic E-state index is 0.101. The third kappa shape index (κ3) is 5.55. The molecule has 5 aromatic rings. The first kappa shape index (κ1) is 29.5. The lowest BCUT2D eigenvalue weighted by molar-refractivity contribution is 0.479. The van der Waals surface area contributed by atoms with E-state index < -0.39 is 0 Å². The number of thiocarbonyl (C=S) groups is 1. The largest absolute Gasteiger partial charge is 0.457 e. The number of aryl methyl sites for hydroxylation is 2. The first-order valence-corrected chi connectivity index (χ1v) is 15.7. The van der Waals surface area contributed by atoms with Gasteiger partial charge in [0.15, 0.2) is 5.11 Å². The highest BCUT2D eigenvalue weighted by atomic mass is 32.1. The van der Waals surface area contributed by atoms with E-state index in [1.807, 2.05) is 48.7 Å². The highest BCUT2D eigenvalue weighted by Crippen LogP contribution is 2.44. The minimum Gasteiger partial charge on any atom is -0.457 e. The van der Waals surface area contributed by atoms with Crippen molar-refractivity contribution in [2.45, 2.75) is 46.7 Å². The van der Waals surface area contributed by atoms with E-state index in [0.29, 0.717) is 5.11 Å². The third-order valence-electron chi connectivity index (χ3n) is 8.56. The maximum absolute atomic E-state index is 6.20. The fourth-order valence-electron chi connectivity index (χ4n) is 6.31. The number of rotatable bonds is 9. The maximum Gasteiger partial charge on any atom is 0.174 e. The van der Waals surface area contributed by atoms with Crippen LogP contribution in [-0.2, 0) is 0 Å². The Bertz CT molecular complexity index is 1740. The smallest absolute Gasteiger partial charge is 0.174 e. The van der Waals surface area contributed by atoms with Gasteiger partial charge in [0, 0.05) is 47.7 Å². The summed E-state index contributed by atoms with van der Waals surface area (Å²) >= 11 is 6.01. The number of hydrogen-bond acceptors (Lipinski definition) is 4. The number of aromatic nitrogens is 2. The second-order valence-corrected chi connectivity index (χ2v) is 11.6. The maximum atomic E-state index is 6.20. The van der Waals surface area contributed by atoms with Gasteiger partial charge in [0.25, 0.3) is 0 Å². The van der Waals surface area contributed by atoms with Crippen LogP contribution in [0.15, 0.2) is 103 Å². The number of hydrogen-bond donors (Lipinski definition) is 1. The van der Waals surface area contributed by atoms with Crippen LogP contribution in [0.2, 0.25) is 0 Å². The van der Waals surface area contributed by atoms with Crippen molar-refractivity contribution in [3.63, 3.8) is 0 Å². The Morgan fingerprint density at radius 2 is 1.52 bits per heavy atom. The van der Waals surface area contributed by atoms with Crippen molar-refractivity contribution in [1.82, 2.24) is 14.9 Å². The molecule has 7 heteroatoms. The number of anilines is 2. The van der Waals surface area contributed by atoms with E-state index in [2.05, 4.69) is 109 Å². The molecule has 1 aliphatic heterocycles. The van der Waals surface area contributed by atoms with Crippen molar-refractivity contribution >= 4 is 28.7 Å². The van der Waals surface area contributed by atoms with Crippen molar-refractivity contribution < 1.29 is 4.74 Å². The average molecular weight is 602 g/mol. The molecule has 44 heavy (non-hydrogen) atoms. The molecule has 6 nitrogen and oxygen atoms in total. The molecule has 0 saturated carbocycles. The Kier molecular flexibility index (Phi) is 8.40. The molecular weight excluding hydrogens is 563 g/mol. The number of nitrogens with zero attached hydrogens (tertiary/aromatic N) is 4. The van der Waals surface area contributed by atoms with Crippen molar-refractivity contribution in [3.8, 4) is 17.2 Å². The van der Waals surface area contributed by atoms with Gasteiger partial charge in [-0.3, -0.25) is 4.98 Å². The van der Waals surface area contributed by atoms with Crippen molar-refractivity contribution in [2.24, 2.45) is 0 Å². The minimum atomic E-state index is -0.120. The van der Waals surface area contributed by atoms with Gasteiger partial charge in [-0.1, -0.05) is 24.3 Å². The Labute approximate surface area is 265 Å². The van der Waals surface area contributed by atoms with Gasteiger partial charge in [0.1, 0.15) is 11.5 Å². The van der Waals surface area contributed by atoms with Gasteiger partial charge in [-0.2, -0.15) is 0 Å². The molecule has 2 aromatic heterocycles. The van der Waals surface area contributed by atoms with Gasteiger partial charge in [-0.25, -0.2) is 0 Å². The van der Waals surface area contributed by atoms with Crippen LogP contribution in [-0.4, -0.2) is 27.8 Å². The highest BCUT2D eigenvalue weighted by molar-refractivity contribution is 7.80. The van der Waals surface area contributed by atoms with Crippen molar-refractivity contribution in [3.05, 3.63) is 131 Å². The second-order valence-electron chi connectivity index (χ2n) is 11.2. The topological polar surface area (TPSA) is 45.6 Å². The summed E-state index contributed by atoms with van der Waals surface area (Å²) in [4.78, 5) is 9.33. The zero-order chi connectivity index (χ0) is 30.8. The lowest BCUT2D eigenvalue weighted by atomic mass is 9.96. The van der Waals surface area contributed by atoms with Crippen LogP contribution in [0.3, 0.4) is 0 Å². The summed E-state index contributed by atoms with van der Waals surface area (Å²) in [5, 5.41) is 4.28. The zero-order valence-electron chi connectivity index (χ0n) is 26.0. The molecule has 0 aliphatic carbocycles. The molecule has 1 fully saturated rings. The lowest BCUT2D eigenvalue weighted by Gasteiger charge is -2.28. The van der Waals surface area contributed by atoms with Crippen LogP contribution >= 0.6 is 12.2 Å². The summed E-state index contributed by atoms with van der Waals surface area (Å²) in [6, 6.07) is 33.2. The molecule has 2 atom stereocenters. The monoisotopic (exact) mass is 601 g/mol. The van der Waals surface area contributed by atoms with Crippen molar-refractivity contribution in [2.75, 3.05) is 22.9 Å². The van der Waals surface area contributed by atoms with Crippen LogP contribution < -0.4 is 19.9 Å². The normalized spacial score (nSPS) is 16.2. The number of nitrogens with one attached hydrogen (secondary N) is 1. The molecule has 0 radical (unpaired) electrons. The second kappa shape index (κ2) is 12.5. The van der Waals surface area contributed by atoms with Gasteiger partial charge in [0.05, 0.1) is 17.8 Å². The first-order chi connectivity index (χ1) is 21.4. The Hall–Kier alpha value is -4.62. The quantitative estimate of drug-likeness (QED) is 0.171. The summed E-state index contributed by atoms with van der Waals surface area (Å²) in [7, 11) is 0. The fraction of sp³-hybridized carbons (Fsp3) is 0.243. The van der Waals surface area contributed by atoms with E-state index in [1.165, 1.54) is 22.6 Å². The number of pyridine rings is 1. The first-order valence-electron chi connectivity index (χ1n) is 15.3. The molecule has 224 valence electrons. The van der Waals surface area contributed by atoms with Crippen molar-refractivity contribution in [1.29, 1.82) is 0 Å². The van der Waals surface area contributed by atoms with E-state index in [0.717, 1.165) is 47.2 Å². The van der Waals surface area contributed by atoms with Gasteiger partial charge in [-0.15, -0.1) is 0 Å². The fourth-order valence-corrected chi connectivity index (χ4v) is 6.65. The summed E-state index contributed by atoms with van der Waals surface area (Å²) in [5.74, 6) is 1.63. The SMILES string of the molecule is CCN(CC)c1ccc(-n2c(C)cc([C@@H]3[C@@H](c4ccccn4)NC(=S)N3c3ccc(Oc4ccccc4C)cc3)c2C)cc1. The Morgan fingerprint density at radius 1 is 0.841 bits per heavy atom. The Balaban J connectivity index is 1.38. The number of benzene rings is 3. The summed E-state index contributed by atoms with van der Waals surface area (Å²) < 4.78 is 8.54. The molecule has 6 rings (SSSR count). The number of para-hydroxylation sites is 1. The Morgan fingerprint density at radius 3 is 2.18 bits per heavy atom. The van der Waals surface area contributed by atoms with E-state index in [9.17, 15) is 0 Å². The molecule has 0 spiro atoms. The van der Waals surface area contributed by atoms with Crippen LogP contribution in [0, 0.1) is 20.8 Å². The predicted octanol–water partition coefficient (Wildman–Crippen LogP) is 8.61. The standard InChI is InChI=1S/C37H39N5OS/c1-6-40(7-2)28-15-17-29(18-16-28)41-26(4)24-32(27(41)5)36-35(33-13-10-11-23-38-33)39-37(44)42(36)30-19-21-31(22-20-30)43-34-14-9-8-12-25(34)3/h8-24,35-36H,6-7H2,1-5H3,(H,39,44)/t35-,36-/m1/s1. The molecule has 0 unspecified atom stereocenters.